The largest absolute Gasteiger partial charge is 0.475 e. The quantitative estimate of drug-likeness (QED) is 0.903. The van der Waals surface area contributed by atoms with Gasteiger partial charge in [0.05, 0.1) is 6.10 Å². The number of rotatable bonds is 5. The summed E-state index contributed by atoms with van der Waals surface area (Å²) in [4.78, 5) is 11.3. The summed E-state index contributed by atoms with van der Waals surface area (Å²) in [6.07, 6.45) is 7.21. The molecule has 2 fully saturated rings. The fourth-order valence-corrected chi connectivity index (χ4v) is 3.66. The molecule has 2 bridgehead atoms. The third-order valence-corrected chi connectivity index (χ3v) is 4.73. The van der Waals surface area contributed by atoms with Crippen LogP contribution in [0.1, 0.15) is 39.5 Å². The summed E-state index contributed by atoms with van der Waals surface area (Å²) in [6, 6.07) is 3.38. The Balaban J connectivity index is 1.53. The van der Waals surface area contributed by atoms with Crippen LogP contribution in [0.3, 0.4) is 0 Å². The van der Waals surface area contributed by atoms with E-state index in [2.05, 4.69) is 27.2 Å². The number of hydrogen-bond donors (Lipinski definition) is 1. The summed E-state index contributed by atoms with van der Waals surface area (Å²) in [5, 5.41) is 3.39. The number of piperidine rings is 1. The summed E-state index contributed by atoms with van der Waals surface area (Å²) < 4.78 is 5.61. The van der Waals surface area contributed by atoms with Crippen LogP contribution < -0.4 is 10.1 Å². The van der Waals surface area contributed by atoms with Crippen LogP contribution in [-0.4, -0.2) is 46.6 Å². The minimum Gasteiger partial charge on any atom is -0.475 e. The third kappa shape index (κ3) is 3.46. The van der Waals surface area contributed by atoms with Crippen molar-refractivity contribution in [1.29, 1.82) is 0 Å². The number of ether oxygens (including phenoxy) is 1. The van der Waals surface area contributed by atoms with Crippen LogP contribution in [0.5, 0.6) is 5.88 Å². The molecule has 0 spiro atoms. The van der Waals surface area contributed by atoms with E-state index in [1.165, 1.54) is 25.7 Å². The molecule has 1 aromatic rings. The molecule has 3 rings (SSSR count). The summed E-state index contributed by atoms with van der Waals surface area (Å²) in [5.41, 5.74) is 0. The normalized spacial score (nSPS) is 28.9. The van der Waals surface area contributed by atoms with Gasteiger partial charge in [-0.3, -0.25) is 0 Å². The molecule has 0 radical (unpaired) electrons. The molecule has 2 aliphatic heterocycles. The second kappa shape index (κ2) is 6.18. The smallest absolute Gasteiger partial charge is 0.225 e. The van der Waals surface area contributed by atoms with Crippen LogP contribution in [0.25, 0.3) is 0 Å². The zero-order valence-corrected chi connectivity index (χ0v) is 13.2. The lowest BCUT2D eigenvalue weighted by molar-refractivity contribution is 0.139. The highest BCUT2D eigenvalue weighted by Crippen LogP contribution is 2.37. The first-order valence-electron chi connectivity index (χ1n) is 8.07. The van der Waals surface area contributed by atoms with Crippen molar-refractivity contribution < 1.29 is 4.74 Å². The molecule has 2 aliphatic rings. The van der Waals surface area contributed by atoms with Gasteiger partial charge in [-0.25, -0.2) is 4.98 Å². The number of aromatic nitrogens is 2. The Labute approximate surface area is 127 Å². The van der Waals surface area contributed by atoms with E-state index < -0.39 is 0 Å². The minimum absolute atomic E-state index is 0.136. The lowest BCUT2D eigenvalue weighted by Gasteiger charge is -2.36. The SMILES string of the molecule is CC(C)Oc1ccnc(NCC2CC3CCC(C2)N3C)n1. The van der Waals surface area contributed by atoms with E-state index in [9.17, 15) is 0 Å². The van der Waals surface area contributed by atoms with Gasteiger partial charge in [-0.1, -0.05) is 0 Å². The molecule has 5 nitrogen and oxygen atoms in total. The average molecular weight is 290 g/mol. The number of nitrogens with zero attached hydrogens (tertiary/aromatic N) is 3. The van der Waals surface area contributed by atoms with Crippen LogP contribution in [0.4, 0.5) is 5.95 Å². The maximum atomic E-state index is 5.61. The molecule has 1 aromatic heterocycles. The molecular formula is C16H26N4O. The molecule has 1 N–H and O–H groups in total. The van der Waals surface area contributed by atoms with Crippen LogP contribution in [0.15, 0.2) is 12.3 Å². The Morgan fingerprint density at radius 3 is 2.71 bits per heavy atom. The van der Waals surface area contributed by atoms with E-state index in [1.807, 2.05) is 13.8 Å². The molecule has 2 atom stereocenters. The highest BCUT2D eigenvalue weighted by molar-refractivity contribution is 5.27. The van der Waals surface area contributed by atoms with Crippen LogP contribution in [0.2, 0.25) is 0 Å². The van der Waals surface area contributed by atoms with Crippen molar-refractivity contribution in [3.05, 3.63) is 12.3 Å². The van der Waals surface area contributed by atoms with Gasteiger partial charge in [-0.2, -0.15) is 4.98 Å². The van der Waals surface area contributed by atoms with Gasteiger partial charge in [0.1, 0.15) is 0 Å². The fraction of sp³-hybridized carbons (Fsp3) is 0.750. The lowest BCUT2D eigenvalue weighted by atomic mass is 9.91. The maximum absolute atomic E-state index is 5.61. The molecule has 2 unspecified atom stereocenters. The molecule has 21 heavy (non-hydrogen) atoms. The van der Waals surface area contributed by atoms with E-state index in [4.69, 9.17) is 4.74 Å². The number of hydrogen-bond acceptors (Lipinski definition) is 5. The van der Waals surface area contributed by atoms with Gasteiger partial charge < -0.3 is 15.0 Å². The minimum atomic E-state index is 0.136. The average Bonchev–Trinajstić information content (AvgIpc) is 2.67. The zero-order valence-electron chi connectivity index (χ0n) is 13.2. The van der Waals surface area contributed by atoms with Gasteiger partial charge in [0, 0.05) is 30.9 Å². The van der Waals surface area contributed by atoms with Crippen LogP contribution in [0, 0.1) is 5.92 Å². The van der Waals surface area contributed by atoms with Gasteiger partial charge in [0.25, 0.3) is 0 Å². The Morgan fingerprint density at radius 1 is 1.33 bits per heavy atom. The van der Waals surface area contributed by atoms with Crippen molar-refractivity contribution in [2.24, 2.45) is 5.92 Å². The molecule has 0 aliphatic carbocycles. The Kier molecular flexibility index (Phi) is 4.29. The van der Waals surface area contributed by atoms with Gasteiger partial charge in [0.2, 0.25) is 11.8 Å². The van der Waals surface area contributed by atoms with Gasteiger partial charge in [-0.15, -0.1) is 0 Å². The third-order valence-electron chi connectivity index (χ3n) is 4.73. The van der Waals surface area contributed by atoms with Crippen molar-refractivity contribution in [1.82, 2.24) is 14.9 Å². The van der Waals surface area contributed by atoms with E-state index in [0.29, 0.717) is 11.8 Å². The van der Waals surface area contributed by atoms with Crippen molar-refractivity contribution in [2.75, 3.05) is 18.9 Å². The number of fused-ring (bicyclic) bond motifs is 2. The maximum Gasteiger partial charge on any atom is 0.225 e. The van der Waals surface area contributed by atoms with Gasteiger partial charge in [0.15, 0.2) is 0 Å². The summed E-state index contributed by atoms with van der Waals surface area (Å²) in [7, 11) is 2.28. The molecule has 5 heteroatoms. The highest BCUT2D eigenvalue weighted by atomic mass is 16.5. The van der Waals surface area contributed by atoms with E-state index in [1.54, 1.807) is 12.3 Å². The standard InChI is InChI=1S/C16H26N4O/c1-11(2)21-15-6-7-17-16(19-15)18-10-12-8-13-4-5-14(9-12)20(13)3/h6-7,11-14H,4-5,8-10H2,1-3H3,(H,17,18,19). The molecule has 2 saturated heterocycles. The van der Waals surface area contributed by atoms with Gasteiger partial charge >= 0.3 is 0 Å². The Bertz CT molecular complexity index is 465. The first kappa shape index (κ1) is 14.6. The summed E-state index contributed by atoms with van der Waals surface area (Å²) in [5.74, 6) is 2.06. The highest BCUT2D eigenvalue weighted by Gasteiger charge is 2.38. The van der Waals surface area contributed by atoms with Crippen molar-refractivity contribution in [3.8, 4) is 5.88 Å². The zero-order chi connectivity index (χ0) is 14.8. The van der Waals surface area contributed by atoms with Crippen LogP contribution in [-0.2, 0) is 0 Å². The molecule has 0 saturated carbocycles. The molecule has 3 heterocycles. The first-order valence-corrected chi connectivity index (χ1v) is 8.07. The number of nitrogens with one attached hydrogen (secondary N) is 1. The van der Waals surface area contributed by atoms with E-state index in [-0.39, 0.29) is 6.10 Å². The Hall–Kier alpha value is -1.36. The monoisotopic (exact) mass is 290 g/mol. The van der Waals surface area contributed by atoms with Crippen molar-refractivity contribution in [3.63, 3.8) is 0 Å². The molecule has 0 amide bonds. The van der Waals surface area contributed by atoms with E-state index >= 15 is 0 Å². The summed E-state index contributed by atoms with van der Waals surface area (Å²) in [6.45, 7) is 4.97. The fourth-order valence-electron chi connectivity index (χ4n) is 3.66. The lowest BCUT2D eigenvalue weighted by Crippen LogP contribution is -2.41. The first-order chi connectivity index (χ1) is 10.1. The second-order valence-electron chi connectivity index (χ2n) is 6.65. The molecular weight excluding hydrogens is 264 g/mol. The summed E-state index contributed by atoms with van der Waals surface area (Å²) >= 11 is 0. The van der Waals surface area contributed by atoms with Gasteiger partial charge in [-0.05, 0) is 52.5 Å². The van der Waals surface area contributed by atoms with Crippen molar-refractivity contribution >= 4 is 5.95 Å². The molecule has 0 aromatic carbocycles. The molecule has 116 valence electrons. The predicted molar refractivity (Wildman–Crippen MR) is 83.6 cm³/mol. The topological polar surface area (TPSA) is 50.3 Å². The Morgan fingerprint density at radius 2 is 2.05 bits per heavy atom. The second-order valence-corrected chi connectivity index (χ2v) is 6.65. The van der Waals surface area contributed by atoms with E-state index in [0.717, 1.165) is 24.5 Å². The number of anilines is 1. The van der Waals surface area contributed by atoms with Crippen molar-refractivity contribution in [2.45, 2.75) is 57.7 Å². The predicted octanol–water partition coefficient (Wildman–Crippen LogP) is 2.55. The van der Waals surface area contributed by atoms with Crippen LogP contribution >= 0.6 is 0 Å².